The molecule has 1 amide bonds. The molecule has 0 aromatic heterocycles. The first kappa shape index (κ1) is 21.2. The Hall–Kier alpha value is -2.08. The summed E-state index contributed by atoms with van der Waals surface area (Å²) in [6.07, 6.45) is 2.93. The number of nitrogens with one attached hydrogen (secondary N) is 2. The van der Waals surface area contributed by atoms with Gasteiger partial charge in [-0.3, -0.25) is 14.9 Å². The molecule has 2 aromatic rings. The molecular weight excluding hydrogens is 423 g/mol. The minimum atomic E-state index is -1.03. The number of anilines is 1. The van der Waals surface area contributed by atoms with E-state index in [1.54, 1.807) is 18.2 Å². The van der Waals surface area contributed by atoms with Gasteiger partial charge in [-0.15, -0.1) is 0 Å². The number of carbonyl (C=O) groups is 2. The molecule has 2 aliphatic rings. The smallest absolute Gasteiger partial charge is 0.305 e. The lowest BCUT2D eigenvalue weighted by molar-refractivity contribution is -0.141. The number of esters is 1. The molecule has 1 aliphatic heterocycles. The van der Waals surface area contributed by atoms with Crippen LogP contribution in [0.15, 0.2) is 42.5 Å². The molecule has 0 spiro atoms. The molecular formula is C23H24Cl2N2O3. The first-order chi connectivity index (χ1) is 14.4. The highest BCUT2D eigenvalue weighted by Crippen LogP contribution is 2.49. The molecule has 1 saturated carbocycles. The fraction of sp³-hybridized carbons (Fsp3) is 0.391. The van der Waals surface area contributed by atoms with Crippen molar-refractivity contribution in [1.29, 1.82) is 0 Å². The molecule has 158 valence electrons. The molecule has 1 heterocycles. The van der Waals surface area contributed by atoms with E-state index in [9.17, 15) is 9.59 Å². The second-order valence-corrected chi connectivity index (χ2v) is 8.87. The molecule has 1 unspecified atom stereocenters. The standard InChI is InChI=1S/C23H24Cl2N2O3/c1-30-21(28)10-9-18(15-3-2-4-16(24)11-15)23(26-13-14-5-6-14)19-8-7-17(25)12-20(19)27-22(23)29/h2-4,7-8,11-12,14,18,26H,5-6,9-10,13H2,1H3,(H,27,29)/t18-,23?/m1/s1. The molecule has 0 saturated heterocycles. The lowest BCUT2D eigenvalue weighted by atomic mass is 9.72. The Morgan fingerprint density at radius 2 is 2.00 bits per heavy atom. The van der Waals surface area contributed by atoms with Gasteiger partial charge in [0.15, 0.2) is 0 Å². The monoisotopic (exact) mass is 446 g/mol. The van der Waals surface area contributed by atoms with Crippen LogP contribution in [-0.2, 0) is 19.9 Å². The molecule has 5 nitrogen and oxygen atoms in total. The van der Waals surface area contributed by atoms with Gasteiger partial charge in [-0.05, 0) is 61.6 Å². The fourth-order valence-corrected chi connectivity index (χ4v) is 4.67. The summed E-state index contributed by atoms with van der Waals surface area (Å²) in [4.78, 5) is 25.5. The van der Waals surface area contributed by atoms with E-state index in [4.69, 9.17) is 27.9 Å². The van der Waals surface area contributed by atoms with Crippen molar-refractivity contribution in [2.75, 3.05) is 19.0 Å². The zero-order chi connectivity index (χ0) is 21.3. The van der Waals surface area contributed by atoms with Crippen LogP contribution in [0.3, 0.4) is 0 Å². The van der Waals surface area contributed by atoms with Gasteiger partial charge in [-0.25, -0.2) is 0 Å². The Kier molecular flexibility index (Phi) is 6.05. The summed E-state index contributed by atoms with van der Waals surface area (Å²) in [5.41, 5.74) is 1.40. The maximum Gasteiger partial charge on any atom is 0.305 e. The van der Waals surface area contributed by atoms with Crippen molar-refractivity contribution in [3.63, 3.8) is 0 Å². The molecule has 30 heavy (non-hydrogen) atoms. The zero-order valence-electron chi connectivity index (χ0n) is 16.7. The van der Waals surface area contributed by atoms with Crippen molar-refractivity contribution < 1.29 is 14.3 Å². The number of hydrogen-bond donors (Lipinski definition) is 2. The summed E-state index contributed by atoms with van der Waals surface area (Å²) in [5.74, 6) is -0.215. The van der Waals surface area contributed by atoms with Gasteiger partial charge in [-0.2, -0.15) is 0 Å². The number of halogens is 2. The second-order valence-electron chi connectivity index (χ2n) is 8.00. The molecule has 0 bridgehead atoms. The van der Waals surface area contributed by atoms with Crippen LogP contribution < -0.4 is 10.6 Å². The molecule has 2 atom stereocenters. The molecule has 4 rings (SSSR count). The number of ether oxygens (including phenoxy) is 1. The first-order valence-corrected chi connectivity index (χ1v) is 10.9. The summed E-state index contributed by atoms with van der Waals surface area (Å²) in [6.45, 7) is 0.727. The van der Waals surface area contributed by atoms with Crippen LogP contribution in [0.25, 0.3) is 0 Å². The predicted octanol–water partition coefficient (Wildman–Crippen LogP) is 4.88. The van der Waals surface area contributed by atoms with Crippen LogP contribution in [0, 0.1) is 5.92 Å². The van der Waals surface area contributed by atoms with Crippen LogP contribution in [0.5, 0.6) is 0 Å². The number of methoxy groups -OCH3 is 1. The average Bonchev–Trinajstić information content (AvgIpc) is 3.51. The topological polar surface area (TPSA) is 67.4 Å². The predicted molar refractivity (Wildman–Crippen MR) is 118 cm³/mol. The molecule has 7 heteroatoms. The number of hydrogen-bond acceptors (Lipinski definition) is 4. The van der Waals surface area contributed by atoms with Crippen LogP contribution >= 0.6 is 23.2 Å². The minimum Gasteiger partial charge on any atom is -0.469 e. The third-order valence-electron chi connectivity index (χ3n) is 6.02. The largest absolute Gasteiger partial charge is 0.469 e. The van der Waals surface area contributed by atoms with Gasteiger partial charge in [0.25, 0.3) is 0 Å². The Bertz CT molecular complexity index is 977. The number of benzene rings is 2. The summed E-state index contributed by atoms with van der Waals surface area (Å²) in [5, 5.41) is 7.74. The van der Waals surface area contributed by atoms with Crippen LogP contribution in [-0.4, -0.2) is 25.5 Å². The number of rotatable bonds is 8. The van der Waals surface area contributed by atoms with Crippen LogP contribution in [0.4, 0.5) is 5.69 Å². The summed E-state index contributed by atoms with van der Waals surface area (Å²) in [7, 11) is 1.37. The van der Waals surface area contributed by atoms with E-state index in [0.29, 0.717) is 28.1 Å². The quantitative estimate of drug-likeness (QED) is 0.567. The Balaban J connectivity index is 1.83. The second kappa shape index (κ2) is 8.58. The van der Waals surface area contributed by atoms with Crippen molar-refractivity contribution in [2.24, 2.45) is 5.92 Å². The third-order valence-corrected chi connectivity index (χ3v) is 6.49. The van der Waals surface area contributed by atoms with Gasteiger partial charge < -0.3 is 10.1 Å². The minimum absolute atomic E-state index is 0.143. The van der Waals surface area contributed by atoms with Gasteiger partial charge >= 0.3 is 5.97 Å². The SMILES string of the molecule is COC(=O)CC[C@H](c1cccc(Cl)c1)C1(NCC2CC2)C(=O)Nc2cc(Cl)ccc21. The molecule has 1 fully saturated rings. The number of fused-ring (bicyclic) bond motifs is 1. The first-order valence-electron chi connectivity index (χ1n) is 10.1. The zero-order valence-corrected chi connectivity index (χ0v) is 18.2. The van der Waals surface area contributed by atoms with Gasteiger partial charge in [0.2, 0.25) is 5.91 Å². The van der Waals surface area contributed by atoms with Crippen molar-refractivity contribution in [3.8, 4) is 0 Å². The van der Waals surface area contributed by atoms with E-state index in [-0.39, 0.29) is 24.2 Å². The third kappa shape index (κ3) is 4.07. The van der Waals surface area contributed by atoms with Crippen molar-refractivity contribution in [1.82, 2.24) is 5.32 Å². The van der Waals surface area contributed by atoms with E-state index in [0.717, 1.165) is 30.5 Å². The van der Waals surface area contributed by atoms with E-state index >= 15 is 0 Å². The van der Waals surface area contributed by atoms with Gasteiger partial charge in [0.1, 0.15) is 5.54 Å². The maximum atomic E-state index is 13.5. The Morgan fingerprint density at radius 3 is 2.70 bits per heavy atom. The Labute approximate surface area is 186 Å². The normalized spacial score (nSPS) is 21.1. The van der Waals surface area contributed by atoms with Gasteiger partial charge in [-0.1, -0.05) is 41.4 Å². The van der Waals surface area contributed by atoms with Crippen molar-refractivity contribution in [3.05, 3.63) is 63.6 Å². The van der Waals surface area contributed by atoms with E-state index in [1.165, 1.54) is 7.11 Å². The molecule has 2 aromatic carbocycles. The average molecular weight is 447 g/mol. The highest BCUT2D eigenvalue weighted by atomic mass is 35.5. The van der Waals surface area contributed by atoms with Gasteiger partial charge in [0.05, 0.1) is 7.11 Å². The van der Waals surface area contributed by atoms with Gasteiger partial charge in [0, 0.05) is 33.6 Å². The molecule has 2 N–H and O–H groups in total. The van der Waals surface area contributed by atoms with Crippen LogP contribution in [0.1, 0.15) is 42.7 Å². The maximum absolute atomic E-state index is 13.5. The lowest BCUT2D eigenvalue weighted by Gasteiger charge is -2.37. The van der Waals surface area contributed by atoms with E-state index in [2.05, 4.69) is 10.6 Å². The Morgan fingerprint density at radius 1 is 1.23 bits per heavy atom. The summed E-state index contributed by atoms with van der Waals surface area (Å²) < 4.78 is 4.87. The van der Waals surface area contributed by atoms with Crippen LogP contribution in [0.2, 0.25) is 10.0 Å². The fourth-order valence-electron chi connectivity index (χ4n) is 4.30. The summed E-state index contributed by atoms with van der Waals surface area (Å²) in [6, 6.07) is 12.9. The number of amides is 1. The molecule has 0 radical (unpaired) electrons. The highest BCUT2D eigenvalue weighted by molar-refractivity contribution is 6.31. The number of carbonyl (C=O) groups excluding carboxylic acids is 2. The van der Waals surface area contributed by atoms with E-state index in [1.807, 2.05) is 24.3 Å². The lowest BCUT2D eigenvalue weighted by Crippen LogP contribution is -2.53. The van der Waals surface area contributed by atoms with E-state index < -0.39 is 5.54 Å². The highest BCUT2D eigenvalue weighted by Gasteiger charge is 2.53. The summed E-state index contributed by atoms with van der Waals surface area (Å²) >= 11 is 12.5. The molecule has 1 aliphatic carbocycles. The van der Waals surface area contributed by atoms with Crippen molar-refractivity contribution >= 4 is 40.8 Å². The van der Waals surface area contributed by atoms with Crippen molar-refractivity contribution in [2.45, 2.75) is 37.1 Å².